The van der Waals surface area contributed by atoms with Crippen molar-refractivity contribution in [3.8, 4) is 23.0 Å². The van der Waals surface area contributed by atoms with Gasteiger partial charge in [-0.3, -0.25) is 4.79 Å². The van der Waals surface area contributed by atoms with Crippen LogP contribution >= 0.6 is 0 Å². The van der Waals surface area contributed by atoms with Gasteiger partial charge in [0.2, 0.25) is 6.29 Å². The van der Waals surface area contributed by atoms with Gasteiger partial charge in [-0.15, -0.1) is 0 Å². The highest BCUT2D eigenvalue weighted by atomic mass is 16.7. The van der Waals surface area contributed by atoms with E-state index >= 15 is 0 Å². The number of hydrogen-bond donors (Lipinski definition) is 5. The van der Waals surface area contributed by atoms with Gasteiger partial charge >= 0.3 is 5.97 Å². The Balaban J connectivity index is 1.47. The van der Waals surface area contributed by atoms with Crippen LogP contribution in [0, 0.1) is 11.8 Å². The number of aliphatic hydroxyl groups is 4. The van der Waals surface area contributed by atoms with Crippen molar-refractivity contribution in [2.75, 3.05) is 27.4 Å². The number of carbonyl (C=O) groups excluding carboxylic acids is 1. The molecule has 2 aromatic rings. The van der Waals surface area contributed by atoms with E-state index in [0.29, 0.717) is 24.3 Å². The molecule has 2 saturated heterocycles. The molecule has 7 atom stereocenters. The lowest BCUT2D eigenvalue weighted by atomic mass is 9.85. The number of phenolic OH excluding ortho intramolecular Hbond substituents is 1. The molecule has 4 rings (SSSR count). The van der Waals surface area contributed by atoms with E-state index in [9.17, 15) is 30.3 Å². The number of carbonyl (C=O) groups is 1. The van der Waals surface area contributed by atoms with Crippen molar-refractivity contribution in [2.45, 2.75) is 43.5 Å². The normalized spacial score (nSPS) is 29.6. The topological polar surface area (TPSA) is 164 Å². The first-order valence-electron chi connectivity index (χ1n) is 11.9. The molecule has 37 heavy (non-hydrogen) atoms. The number of aliphatic hydroxyl groups excluding tert-OH is 4. The van der Waals surface area contributed by atoms with Gasteiger partial charge in [0.25, 0.3) is 0 Å². The smallest absolute Gasteiger partial charge is 0.309 e. The summed E-state index contributed by atoms with van der Waals surface area (Å²) in [6, 6.07) is 10.1. The van der Waals surface area contributed by atoms with Gasteiger partial charge in [0.05, 0.1) is 33.4 Å². The largest absolute Gasteiger partial charge is 0.504 e. The van der Waals surface area contributed by atoms with Crippen molar-refractivity contribution in [1.29, 1.82) is 0 Å². The number of benzene rings is 2. The lowest BCUT2D eigenvalue weighted by molar-refractivity contribution is -0.277. The average Bonchev–Trinajstić information content (AvgIpc) is 3.24. The Morgan fingerprint density at radius 1 is 0.892 bits per heavy atom. The summed E-state index contributed by atoms with van der Waals surface area (Å²) in [4.78, 5) is 12.5. The highest BCUT2D eigenvalue weighted by Crippen LogP contribution is 2.36. The standard InChI is InChI=1S/C26H32O11/c1-33-19-9-14(3-5-17(19)28)8-16-15(12-35-25(16)32)7-13-4-6-18(20(10-13)34-2)36-26-24(31)23(30)22(29)21(11-27)37-26/h3-6,9-10,15-16,21-24,26-31H,7-8,11-12H2,1-2H3/t15-,16+,21+,22+,23-,24+,26+/m0/s1. The molecule has 202 valence electrons. The maximum atomic E-state index is 12.5. The molecule has 0 unspecified atom stereocenters. The molecule has 2 heterocycles. The Morgan fingerprint density at radius 3 is 2.27 bits per heavy atom. The molecule has 0 aromatic heterocycles. The van der Waals surface area contributed by atoms with Gasteiger partial charge in [-0.05, 0) is 48.2 Å². The van der Waals surface area contributed by atoms with E-state index in [1.165, 1.54) is 20.3 Å². The van der Waals surface area contributed by atoms with Crippen molar-refractivity contribution in [3.63, 3.8) is 0 Å². The average molecular weight is 521 g/mol. The lowest BCUT2D eigenvalue weighted by Gasteiger charge is -2.39. The Morgan fingerprint density at radius 2 is 1.57 bits per heavy atom. The Kier molecular flexibility index (Phi) is 8.40. The molecule has 0 saturated carbocycles. The molecule has 5 N–H and O–H groups in total. The maximum Gasteiger partial charge on any atom is 0.309 e. The Bertz CT molecular complexity index is 1090. The van der Waals surface area contributed by atoms with Crippen LogP contribution in [0.25, 0.3) is 0 Å². The third kappa shape index (κ3) is 5.76. The lowest BCUT2D eigenvalue weighted by Crippen LogP contribution is -2.60. The SMILES string of the molecule is COc1cc(C[C@H]2C(=O)OC[C@@H]2Cc2ccc(O[C@@H]3O[C@H](CO)[C@@H](O)[C@H](O)[C@H]3O)c(OC)c2)ccc1O. The molecular weight excluding hydrogens is 488 g/mol. The van der Waals surface area contributed by atoms with Gasteiger partial charge in [0.15, 0.2) is 23.0 Å². The van der Waals surface area contributed by atoms with Crippen molar-refractivity contribution in [1.82, 2.24) is 0 Å². The van der Waals surface area contributed by atoms with Crippen LogP contribution in [0.5, 0.6) is 23.0 Å². The maximum absolute atomic E-state index is 12.5. The number of cyclic esters (lactones) is 1. The molecule has 11 nitrogen and oxygen atoms in total. The predicted molar refractivity (Wildman–Crippen MR) is 127 cm³/mol. The summed E-state index contributed by atoms with van der Waals surface area (Å²) in [5.74, 6) is 0.141. The van der Waals surface area contributed by atoms with Crippen molar-refractivity contribution >= 4 is 5.97 Å². The summed E-state index contributed by atoms with van der Waals surface area (Å²) >= 11 is 0. The number of ether oxygens (including phenoxy) is 5. The minimum absolute atomic E-state index is 0.0231. The molecule has 0 radical (unpaired) electrons. The van der Waals surface area contributed by atoms with E-state index in [4.69, 9.17) is 23.7 Å². The number of aromatic hydroxyl groups is 1. The fourth-order valence-electron chi connectivity index (χ4n) is 4.69. The number of phenols is 1. The first-order valence-corrected chi connectivity index (χ1v) is 11.9. The fraction of sp³-hybridized carbons (Fsp3) is 0.500. The van der Waals surface area contributed by atoms with Crippen LogP contribution in [0.1, 0.15) is 11.1 Å². The minimum atomic E-state index is -1.56. The summed E-state index contributed by atoms with van der Waals surface area (Å²) in [6.45, 7) is -0.300. The summed E-state index contributed by atoms with van der Waals surface area (Å²) in [6.07, 6.45) is -6.11. The number of hydrogen-bond acceptors (Lipinski definition) is 11. The van der Waals surface area contributed by atoms with Gasteiger partial charge in [-0.2, -0.15) is 0 Å². The van der Waals surface area contributed by atoms with Crippen LogP contribution in [0.4, 0.5) is 0 Å². The Hall–Kier alpha value is -3.09. The van der Waals surface area contributed by atoms with Gasteiger partial charge in [-0.25, -0.2) is 0 Å². The number of methoxy groups -OCH3 is 2. The molecule has 11 heteroatoms. The summed E-state index contributed by atoms with van der Waals surface area (Å²) < 4.78 is 27.1. The van der Waals surface area contributed by atoms with Crippen molar-refractivity contribution in [2.24, 2.45) is 11.8 Å². The monoisotopic (exact) mass is 520 g/mol. The number of rotatable bonds is 9. The molecular formula is C26H32O11. The molecule has 2 fully saturated rings. The zero-order valence-electron chi connectivity index (χ0n) is 20.5. The summed E-state index contributed by atoms with van der Waals surface area (Å²) in [5, 5.41) is 49.5. The summed E-state index contributed by atoms with van der Waals surface area (Å²) in [7, 11) is 2.91. The fourth-order valence-corrected chi connectivity index (χ4v) is 4.69. The van der Waals surface area contributed by atoms with Crippen LogP contribution < -0.4 is 14.2 Å². The van der Waals surface area contributed by atoms with Crippen molar-refractivity contribution in [3.05, 3.63) is 47.5 Å². The molecule has 0 bridgehead atoms. The third-order valence-corrected chi connectivity index (χ3v) is 6.83. The van der Waals surface area contributed by atoms with E-state index in [-0.39, 0.29) is 35.9 Å². The second-order valence-corrected chi connectivity index (χ2v) is 9.21. The highest BCUT2D eigenvalue weighted by Gasteiger charge is 2.45. The predicted octanol–water partition coefficient (Wildman–Crippen LogP) is 0.163. The van der Waals surface area contributed by atoms with Crippen LogP contribution in [-0.4, -0.2) is 89.6 Å². The second-order valence-electron chi connectivity index (χ2n) is 9.21. The van der Waals surface area contributed by atoms with E-state index in [2.05, 4.69) is 0 Å². The minimum Gasteiger partial charge on any atom is -0.504 e. The number of esters is 1. The quantitative estimate of drug-likeness (QED) is 0.286. The van der Waals surface area contributed by atoms with Crippen molar-refractivity contribution < 1.29 is 54.0 Å². The Labute approximate surface area is 213 Å². The first kappa shape index (κ1) is 27.0. The zero-order chi connectivity index (χ0) is 26.7. The molecule has 0 aliphatic carbocycles. The third-order valence-electron chi connectivity index (χ3n) is 6.83. The zero-order valence-corrected chi connectivity index (χ0v) is 20.5. The van der Waals surface area contributed by atoms with E-state index < -0.39 is 37.3 Å². The molecule has 2 aromatic carbocycles. The van der Waals surface area contributed by atoms with Gasteiger partial charge < -0.3 is 49.2 Å². The summed E-state index contributed by atoms with van der Waals surface area (Å²) in [5.41, 5.74) is 1.69. The van der Waals surface area contributed by atoms with Gasteiger partial charge in [0.1, 0.15) is 24.4 Å². The first-order chi connectivity index (χ1) is 17.7. The van der Waals surface area contributed by atoms with E-state index in [0.717, 1.165) is 11.1 Å². The van der Waals surface area contributed by atoms with Gasteiger partial charge in [-0.1, -0.05) is 12.1 Å². The molecule has 2 aliphatic rings. The van der Waals surface area contributed by atoms with Crippen LogP contribution in [0.15, 0.2) is 36.4 Å². The second kappa shape index (κ2) is 11.5. The van der Waals surface area contributed by atoms with Gasteiger partial charge in [0, 0.05) is 5.92 Å². The molecule has 0 spiro atoms. The van der Waals surface area contributed by atoms with Crippen LogP contribution in [-0.2, 0) is 27.1 Å². The highest BCUT2D eigenvalue weighted by molar-refractivity contribution is 5.75. The van der Waals surface area contributed by atoms with Crippen LogP contribution in [0.3, 0.4) is 0 Å². The molecule has 2 aliphatic heterocycles. The van der Waals surface area contributed by atoms with Crippen LogP contribution in [0.2, 0.25) is 0 Å². The van der Waals surface area contributed by atoms with E-state index in [1.807, 2.05) is 0 Å². The van der Waals surface area contributed by atoms with E-state index in [1.54, 1.807) is 30.3 Å². The molecule has 0 amide bonds.